The van der Waals surface area contributed by atoms with Gasteiger partial charge >= 0.3 is 6.18 Å². The Kier molecular flexibility index (Phi) is 4.26. The predicted octanol–water partition coefficient (Wildman–Crippen LogP) is 2.97. The first-order valence-electron chi connectivity index (χ1n) is 6.38. The SMILES string of the molecule is CCCn1c(CN)nnc1-c1cccc(C(F)(F)F)c1F. The van der Waals surface area contributed by atoms with E-state index in [-0.39, 0.29) is 17.9 Å². The molecule has 0 bridgehead atoms. The van der Waals surface area contributed by atoms with Crippen LogP contribution < -0.4 is 5.73 Å². The first-order chi connectivity index (χ1) is 9.90. The second-order valence-corrected chi connectivity index (χ2v) is 4.46. The Morgan fingerprint density at radius 3 is 2.52 bits per heavy atom. The number of alkyl halides is 3. The summed E-state index contributed by atoms with van der Waals surface area (Å²) in [7, 11) is 0. The van der Waals surface area contributed by atoms with Crippen LogP contribution in [-0.4, -0.2) is 14.8 Å². The van der Waals surface area contributed by atoms with Crippen LogP contribution in [0, 0.1) is 5.82 Å². The number of nitrogens with two attached hydrogens (primary N) is 1. The van der Waals surface area contributed by atoms with E-state index in [2.05, 4.69) is 10.2 Å². The van der Waals surface area contributed by atoms with Crippen molar-refractivity contribution in [1.82, 2.24) is 14.8 Å². The fourth-order valence-corrected chi connectivity index (χ4v) is 2.07. The zero-order valence-corrected chi connectivity index (χ0v) is 11.3. The molecule has 2 aromatic rings. The quantitative estimate of drug-likeness (QED) is 0.883. The normalized spacial score (nSPS) is 11.9. The average Bonchev–Trinajstić information content (AvgIpc) is 2.81. The lowest BCUT2D eigenvalue weighted by atomic mass is 10.1. The maximum absolute atomic E-state index is 14.2. The Balaban J connectivity index is 2.60. The van der Waals surface area contributed by atoms with Crippen molar-refractivity contribution < 1.29 is 17.6 Å². The first-order valence-corrected chi connectivity index (χ1v) is 6.38. The van der Waals surface area contributed by atoms with Crippen LogP contribution in [0.15, 0.2) is 18.2 Å². The molecule has 0 amide bonds. The molecule has 0 aliphatic carbocycles. The Labute approximate surface area is 118 Å². The summed E-state index contributed by atoms with van der Waals surface area (Å²) >= 11 is 0. The van der Waals surface area contributed by atoms with Gasteiger partial charge in [-0.2, -0.15) is 13.2 Å². The number of hydrogen-bond acceptors (Lipinski definition) is 3. The second kappa shape index (κ2) is 5.80. The van der Waals surface area contributed by atoms with Crippen molar-refractivity contribution in [3.63, 3.8) is 0 Å². The van der Waals surface area contributed by atoms with Gasteiger partial charge in [0.2, 0.25) is 0 Å². The fraction of sp³-hybridized carbons (Fsp3) is 0.385. The summed E-state index contributed by atoms with van der Waals surface area (Å²) in [4.78, 5) is 0. The third kappa shape index (κ3) is 2.90. The van der Waals surface area contributed by atoms with Gasteiger partial charge in [-0.1, -0.05) is 13.0 Å². The molecule has 2 rings (SSSR count). The van der Waals surface area contributed by atoms with Gasteiger partial charge in [-0.05, 0) is 18.6 Å². The van der Waals surface area contributed by atoms with Gasteiger partial charge in [0, 0.05) is 6.54 Å². The summed E-state index contributed by atoms with van der Waals surface area (Å²) in [6.45, 7) is 2.41. The van der Waals surface area contributed by atoms with E-state index in [0.717, 1.165) is 6.07 Å². The predicted molar refractivity (Wildman–Crippen MR) is 68.6 cm³/mol. The maximum Gasteiger partial charge on any atom is 0.419 e. The molecule has 8 heteroatoms. The van der Waals surface area contributed by atoms with Crippen LogP contribution in [-0.2, 0) is 19.3 Å². The molecule has 0 aliphatic heterocycles. The molecule has 0 saturated carbocycles. The van der Waals surface area contributed by atoms with Crippen molar-refractivity contribution in [2.75, 3.05) is 0 Å². The first kappa shape index (κ1) is 15.4. The van der Waals surface area contributed by atoms with Crippen molar-refractivity contribution in [1.29, 1.82) is 0 Å². The molecule has 114 valence electrons. The highest BCUT2D eigenvalue weighted by Crippen LogP contribution is 2.35. The van der Waals surface area contributed by atoms with Crippen LogP contribution in [0.1, 0.15) is 24.7 Å². The van der Waals surface area contributed by atoms with Gasteiger partial charge < -0.3 is 10.3 Å². The average molecular weight is 302 g/mol. The molecule has 1 heterocycles. The van der Waals surface area contributed by atoms with E-state index in [4.69, 9.17) is 5.73 Å². The molecule has 0 spiro atoms. The van der Waals surface area contributed by atoms with Gasteiger partial charge in [-0.3, -0.25) is 0 Å². The Hall–Kier alpha value is -1.96. The molecule has 0 atom stereocenters. The van der Waals surface area contributed by atoms with E-state index < -0.39 is 17.6 Å². The largest absolute Gasteiger partial charge is 0.419 e. The van der Waals surface area contributed by atoms with Crippen LogP contribution in [0.5, 0.6) is 0 Å². The minimum Gasteiger partial charge on any atom is -0.324 e. The fourth-order valence-electron chi connectivity index (χ4n) is 2.07. The van der Waals surface area contributed by atoms with E-state index in [0.29, 0.717) is 24.9 Å². The van der Waals surface area contributed by atoms with E-state index in [1.54, 1.807) is 4.57 Å². The monoisotopic (exact) mass is 302 g/mol. The third-order valence-electron chi connectivity index (χ3n) is 3.00. The number of benzene rings is 1. The van der Waals surface area contributed by atoms with Crippen molar-refractivity contribution in [3.8, 4) is 11.4 Å². The van der Waals surface area contributed by atoms with Crippen LogP contribution in [0.25, 0.3) is 11.4 Å². The molecule has 0 radical (unpaired) electrons. The van der Waals surface area contributed by atoms with Crippen molar-refractivity contribution in [3.05, 3.63) is 35.4 Å². The standard InChI is InChI=1S/C13H14F4N4/c1-2-6-21-10(7-18)19-20-12(21)8-4-3-5-9(11(8)14)13(15,16)17/h3-5H,2,6-7,18H2,1H3. The number of hydrogen-bond donors (Lipinski definition) is 1. The zero-order chi connectivity index (χ0) is 15.6. The van der Waals surface area contributed by atoms with Crippen molar-refractivity contribution in [2.45, 2.75) is 32.6 Å². The van der Waals surface area contributed by atoms with Gasteiger partial charge in [0.05, 0.1) is 17.7 Å². The second-order valence-electron chi connectivity index (χ2n) is 4.46. The molecular formula is C13H14F4N4. The molecule has 4 nitrogen and oxygen atoms in total. The van der Waals surface area contributed by atoms with E-state index in [9.17, 15) is 17.6 Å². The number of rotatable bonds is 4. The molecule has 0 unspecified atom stereocenters. The summed E-state index contributed by atoms with van der Waals surface area (Å²) in [6, 6.07) is 3.10. The summed E-state index contributed by atoms with van der Waals surface area (Å²) in [6.07, 6.45) is -4.06. The van der Waals surface area contributed by atoms with Gasteiger partial charge in [0.1, 0.15) is 11.6 Å². The summed E-state index contributed by atoms with van der Waals surface area (Å²) in [5, 5.41) is 7.59. The number of nitrogens with zero attached hydrogens (tertiary/aromatic N) is 3. The lowest BCUT2D eigenvalue weighted by molar-refractivity contribution is -0.139. The van der Waals surface area contributed by atoms with E-state index in [1.807, 2.05) is 6.92 Å². The van der Waals surface area contributed by atoms with Crippen molar-refractivity contribution >= 4 is 0 Å². The van der Waals surface area contributed by atoms with Crippen LogP contribution in [0.3, 0.4) is 0 Å². The third-order valence-corrected chi connectivity index (χ3v) is 3.00. The molecular weight excluding hydrogens is 288 g/mol. The molecule has 2 N–H and O–H groups in total. The van der Waals surface area contributed by atoms with Crippen molar-refractivity contribution in [2.24, 2.45) is 5.73 Å². The summed E-state index contributed by atoms with van der Waals surface area (Å²) in [5.74, 6) is -0.886. The van der Waals surface area contributed by atoms with Gasteiger partial charge in [-0.25, -0.2) is 4.39 Å². The molecule has 1 aromatic carbocycles. The Morgan fingerprint density at radius 1 is 1.24 bits per heavy atom. The summed E-state index contributed by atoms with van der Waals surface area (Å²) in [5.41, 5.74) is 3.96. The molecule has 0 saturated heterocycles. The highest BCUT2D eigenvalue weighted by Gasteiger charge is 2.35. The van der Waals surface area contributed by atoms with Gasteiger partial charge in [0.25, 0.3) is 0 Å². The number of halogens is 4. The summed E-state index contributed by atoms with van der Waals surface area (Å²) < 4.78 is 54.0. The lowest BCUT2D eigenvalue weighted by Crippen LogP contribution is -2.12. The Morgan fingerprint density at radius 2 is 1.95 bits per heavy atom. The number of aromatic nitrogens is 3. The van der Waals surface area contributed by atoms with Gasteiger partial charge in [-0.15, -0.1) is 10.2 Å². The topological polar surface area (TPSA) is 56.7 Å². The van der Waals surface area contributed by atoms with E-state index in [1.165, 1.54) is 6.07 Å². The molecule has 1 aromatic heterocycles. The maximum atomic E-state index is 14.2. The van der Waals surface area contributed by atoms with E-state index >= 15 is 0 Å². The minimum atomic E-state index is -4.76. The smallest absolute Gasteiger partial charge is 0.324 e. The minimum absolute atomic E-state index is 0.0564. The van der Waals surface area contributed by atoms with Crippen LogP contribution in [0.4, 0.5) is 17.6 Å². The Bertz CT molecular complexity index is 634. The molecule has 0 aliphatic rings. The highest BCUT2D eigenvalue weighted by atomic mass is 19.4. The highest BCUT2D eigenvalue weighted by molar-refractivity contribution is 5.58. The zero-order valence-electron chi connectivity index (χ0n) is 11.3. The lowest BCUT2D eigenvalue weighted by Gasteiger charge is -2.12. The molecule has 21 heavy (non-hydrogen) atoms. The molecule has 0 fully saturated rings. The van der Waals surface area contributed by atoms with Gasteiger partial charge in [0.15, 0.2) is 5.82 Å². The van der Waals surface area contributed by atoms with Crippen LogP contribution in [0.2, 0.25) is 0 Å². The van der Waals surface area contributed by atoms with Crippen LogP contribution >= 0.6 is 0 Å².